The Labute approximate surface area is 219 Å². The van der Waals surface area contributed by atoms with Crippen LogP contribution in [0.3, 0.4) is 0 Å². The second kappa shape index (κ2) is 11.1. The summed E-state index contributed by atoms with van der Waals surface area (Å²) >= 11 is 12.0. The molecule has 0 saturated carbocycles. The number of nitrogens with zero attached hydrogens (tertiary/aromatic N) is 1. The minimum atomic E-state index is -0.823. The third kappa shape index (κ3) is 6.04. The summed E-state index contributed by atoms with van der Waals surface area (Å²) in [5, 5.41) is 3.60. The van der Waals surface area contributed by atoms with Crippen molar-refractivity contribution in [2.45, 2.75) is 33.0 Å². The second-order valence-electron chi connectivity index (χ2n) is 8.42. The minimum Gasteiger partial charge on any atom is -0.492 e. The number of amides is 2. The number of halogens is 2. The molecule has 7 nitrogen and oxygen atoms in total. The van der Waals surface area contributed by atoms with Crippen molar-refractivity contribution < 1.29 is 23.8 Å². The lowest BCUT2D eigenvalue weighted by Crippen LogP contribution is -2.46. The summed E-state index contributed by atoms with van der Waals surface area (Å²) in [7, 11) is 0. The highest BCUT2D eigenvalue weighted by molar-refractivity contribution is 6.35. The molecule has 0 spiro atoms. The fourth-order valence-electron chi connectivity index (χ4n) is 3.67. The Morgan fingerprint density at radius 2 is 1.86 bits per heavy atom. The first-order valence-electron chi connectivity index (χ1n) is 11.5. The summed E-state index contributed by atoms with van der Waals surface area (Å²) in [6.07, 6.45) is -1.49. The molecule has 0 radical (unpaired) electrons. The molecule has 0 bridgehead atoms. The highest BCUT2D eigenvalue weighted by atomic mass is 35.5. The van der Waals surface area contributed by atoms with Crippen molar-refractivity contribution in [1.29, 1.82) is 0 Å². The molecule has 0 saturated heterocycles. The molecular weight excluding hydrogens is 503 g/mol. The number of nitrogens with one attached hydrogen (secondary N) is 1. The lowest BCUT2D eigenvalue weighted by atomic mass is 10.1. The van der Waals surface area contributed by atoms with Gasteiger partial charge in [0.25, 0.3) is 11.8 Å². The fourth-order valence-corrected chi connectivity index (χ4v) is 4.12. The summed E-state index contributed by atoms with van der Waals surface area (Å²) in [4.78, 5) is 27.1. The van der Waals surface area contributed by atoms with Crippen LogP contribution in [0, 0.1) is 6.92 Å². The van der Waals surface area contributed by atoms with Crippen LogP contribution in [-0.2, 0) is 9.59 Å². The van der Waals surface area contributed by atoms with Gasteiger partial charge in [0, 0.05) is 16.8 Å². The van der Waals surface area contributed by atoms with Gasteiger partial charge in [-0.15, -0.1) is 0 Å². The molecule has 36 heavy (non-hydrogen) atoms. The van der Waals surface area contributed by atoms with Crippen molar-refractivity contribution >= 4 is 46.4 Å². The van der Waals surface area contributed by atoms with E-state index < -0.39 is 12.2 Å². The van der Waals surface area contributed by atoms with Crippen LogP contribution < -0.4 is 24.4 Å². The first-order valence-corrected chi connectivity index (χ1v) is 12.2. The first-order chi connectivity index (χ1) is 17.2. The molecule has 2 amide bonds. The third-order valence-electron chi connectivity index (χ3n) is 5.61. The van der Waals surface area contributed by atoms with Crippen molar-refractivity contribution in [3.05, 3.63) is 76.3 Å². The maximum absolute atomic E-state index is 12.8. The van der Waals surface area contributed by atoms with E-state index in [1.54, 1.807) is 55.1 Å². The van der Waals surface area contributed by atoms with Crippen molar-refractivity contribution in [2.75, 3.05) is 23.4 Å². The molecule has 0 aromatic heterocycles. The maximum Gasteiger partial charge on any atom is 0.267 e. The molecule has 1 aliphatic heterocycles. The van der Waals surface area contributed by atoms with Crippen molar-refractivity contribution in [3.8, 4) is 17.2 Å². The zero-order valence-corrected chi connectivity index (χ0v) is 21.6. The Hall–Kier alpha value is -3.42. The molecule has 188 valence electrons. The van der Waals surface area contributed by atoms with Gasteiger partial charge >= 0.3 is 0 Å². The van der Waals surface area contributed by atoms with Gasteiger partial charge in [-0.05, 0) is 63.2 Å². The van der Waals surface area contributed by atoms with Gasteiger partial charge < -0.3 is 24.4 Å². The fraction of sp³-hybridized carbons (Fsp3) is 0.259. The van der Waals surface area contributed by atoms with E-state index >= 15 is 0 Å². The lowest BCUT2D eigenvalue weighted by Gasteiger charge is -2.33. The van der Waals surface area contributed by atoms with E-state index in [0.29, 0.717) is 46.1 Å². The number of hydrogen-bond acceptors (Lipinski definition) is 5. The SMILES string of the molecule is Cc1ccc(OCCN2C(=O)C(C)Oc3cc(NC(=O)C(C)Oc4ccc(Cl)cc4Cl)ccc32)cc1. The van der Waals surface area contributed by atoms with Crippen molar-refractivity contribution in [2.24, 2.45) is 0 Å². The van der Waals surface area contributed by atoms with E-state index in [4.69, 9.17) is 37.4 Å². The molecular formula is C27H26Cl2N2O5. The average Bonchev–Trinajstić information content (AvgIpc) is 2.84. The van der Waals surface area contributed by atoms with Crippen LogP contribution in [-0.4, -0.2) is 37.2 Å². The molecule has 4 rings (SSSR count). The molecule has 1 heterocycles. The number of rotatable bonds is 8. The van der Waals surface area contributed by atoms with Crippen LogP contribution >= 0.6 is 23.2 Å². The van der Waals surface area contributed by atoms with Gasteiger partial charge in [-0.3, -0.25) is 9.59 Å². The Kier molecular flexibility index (Phi) is 7.91. The van der Waals surface area contributed by atoms with Crippen LogP contribution in [0.15, 0.2) is 60.7 Å². The third-order valence-corrected chi connectivity index (χ3v) is 6.14. The summed E-state index contributed by atoms with van der Waals surface area (Å²) in [5.74, 6) is 1.06. The zero-order valence-electron chi connectivity index (χ0n) is 20.1. The summed E-state index contributed by atoms with van der Waals surface area (Å²) in [6, 6.07) is 17.7. The second-order valence-corrected chi connectivity index (χ2v) is 9.26. The number of fused-ring (bicyclic) bond motifs is 1. The molecule has 2 atom stereocenters. The Morgan fingerprint density at radius 3 is 2.58 bits per heavy atom. The van der Waals surface area contributed by atoms with Gasteiger partial charge in [0.15, 0.2) is 12.2 Å². The molecule has 1 N–H and O–H groups in total. The quantitative estimate of drug-likeness (QED) is 0.393. The number of hydrogen-bond donors (Lipinski definition) is 1. The van der Waals surface area contributed by atoms with Gasteiger partial charge in [-0.1, -0.05) is 40.9 Å². The Balaban J connectivity index is 1.41. The highest BCUT2D eigenvalue weighted by Crippen LogP contribution is 2.36. The maximum atomic E-state index is 12.8. The number of benzene rings is 3. The average molecular weight is 529 g/mol. The number of anilines is 2. The first kappa shape index (κ1) is 25.7. The van der Waals surface area contributed by atoms with Crippen molar-refractivity contribution in [1.82, 2.24) is 0 Å². The molecule has 1 aliphatic rings. The van der Waals surface area contributed by atoms with Crippen LogP contribution in [0.25, 0.3) is 0 Å². The summed E-state index contributed by atoms with van der Waals surface area (Å²) in [5.41, 5.74) is 2.26. The molecule has 9 heteroatoms. The van der Waals surface area contributed by atoms with Gasteiger partial charge in [0.1, 0.15) is 23.9 Å². The highest BCUT2D eigenvalue weighted by Gasteiger charge is 2.31. The predicted octanol–water partition coefficient (Wildman–Crippen LogP) is 5.90. The Morgan fingerprint density at radius 1 is 1.11 bits per heavy atom. The lowest BCUT2D eigenvalue weighted by molar-refractivity contribution is -0.125. The smallest absolute Gasteiger partial charge is 0.267 e. The summed E-state index contributed by atoms with van der Waals surface area (Å²) in [6.45, 7) is 5.99. The number of carbonyl (C=O) groups excluding carboxylic acids is 2. The van der Waals surface area contributed by atoms with E-state index in [2.05, 4.69) is 5.32 Å². The number of ether oxygens (including phenoxy) is 3. The van der Waals surface area contributed by atoms with E-state index in [9.17, 15) is 9.59 Å². The minimum absolute atomic E-state index is 0.159. The molecule has 2 unspecified atom stereocenters. The summed E-state index contributed by atoms with van der Waals surface area (Å²) < 4.78 is 17.3. The topological polar surface area (TPSA) is 77.1 Å². The van der Waals surface area contributed by atoms with Gasteiger partial charge in [-0.25, -0.2) is 0 Å². The predicted molar refractivity (Wildman–Crippen MR) is 141 cm³/mol. The molecule has 3 aromatic rings. The largest absolute Gasteiger partial charge is 0.492 e. The van der Waals surface area contributed by atoms with E-state index in [-0.39, 0.29) is 11.8 Å². The normalized spacial score (nSPS) is 15.5. The zero-order chi connectivity index (χ0) is 25.8. The standard InChI is InChI=1S/C27H26Cl2N2O5/c1-16-4-8-21(9-5-16)34-13-12-31-23-10-7-20(15-25(23)36-18(3)27(31)33)30-26(32)17(2)35-24-11-6-19(28)14-22(24)29/h4-11,14-15,17-18H,12-13H2,1-3H3,(H,30,32). The van der Waals surface area contributed by atoms with Crippen LogP contribution in [0.4, 0.5) is 11.4 Å². The van der Waals surface area contributed by atoms with Gasteiger partial charge in [0.05, 0.1) is 17.3 Å². The monoisotopic (exact) mass is 528 g/mol. The number of aryl methyl sites for hydroxylation is 1. The van der Waals surface area contributed by atoms with E-state index in [0.717, 1.165) is 11.3 Å². The van der Waals surface area contributed by atoms with Crippen molar-refractivity contribution in [3.63, 3.8) is 0 Å². The van der Waals surface area contributed by atoms with Crippen LogP contribution in [0.2, 0.25) is 10.0 Å². The van der Waals surface area contributed by atoms with Gasteiger partial charge in [0.2, 0.25) is 0 Å². The Bertz CT molecular complexity index is 1270. The number of carbonyl (C=O) groups is 2. The van der Waals surface area contributed by atoms with E-state index in [1.807, 2.05) is 31.2 Å². The molecule has 0 fully saturated rings. The van der Waals surface area contributed by atoms with Gasteiger partial charge in [-0.2, -0.15) is 0 Å². The van der Waals surface area contributed by atoms with E-state index in [1.165, 1.54) is 0 Å². The van der Waals surface area contributed by atoms with Crippen LogP contribution in [0.1, 0.15) is 19.4 Å². The molecule has 0 aliphatic carbocycles. The molecule has 3 aromatic carbocycles. The van der Waals surface area contributed by atoms with Crippen LogP contribution in [0.5, 0.6) is 17.2 Å².